The number of nitrogens with zero attached hydrogens (tertiary/aromatic N) is 1. The standard InChI is InChI=1S/C11H20N2O3/c1-4-5-6-16-7-8-9(10(14)12-2)11(15)13(8)3/h8-9H,4-7H2,1-3H3,(H,12,14)/t8-,9+/m0/s1. The lowest BCUT2D eigenvalue weighted by molar-refractivity contribution is -0.163. The van der Waals surface area contributed by atoms with E-state index in [2.05, 4.69) is 12.2 Å². The number of ether oxygens (including phenoxy) is 1. The molecule has 0 spiro atoms. The highest BCUT2D eigenvalue weighted by Gasteiger charge is 2.49. The number of likely N-dealkylation sites (N-methyl/N-ethyl adjacent to an activating group) is 1. The fraction of sp³-hybridized carbons (Fsp3) is 0.818. The Bertz CT molecular complexity index is 260. The maximum absolute atomic E-state index is 11.5. The normalized spacial score (nSPS) is 24.2. The molecule has 1 aliphatic rings. The van der Waals surface area contributed by atoms with Gasteiger partial charge >= 0.3 is 0 Å². The van der Waals surface area contributed by atoms with E-state index in [1.165, 1.54) is 0 Å². The molecular formula is C11H20N2O3. The van der Waals surface area contributed by atoms with E-state index in [-0.39, 0.29) is 17.9 Å². The van der Waals surface area contributed by atoms with Crippen LogP contribution in [0.4, 0.5) is 0 Å². The van der Waals surface area contributed by atoms with Crippen LogP contribution >= 0.6 is 0 Å². The van der Waals surface area contributed by atoms with Gasteiger partial charge in [0.1, 0.15) is 5.92 Å². The van der Waals surface area contributed by atoms with Gasteiger partial charge in [-0.2, -0.15) is 0 Å². The number of unbranched alkanes of at least 4 members (excludes halogenated alkanes) is 1. The number of hydrogen-bond acceptors (Lipinski definition) is 3. The van der Waals surface area contributed by atoms with Crippen molar-refractivity contribution >= 4 is 11.8 Å². The molecule has 0 saturated carbocycles. The average molecular weight is 228 g/mol. The summed E-state index contributed by atoms with van der Waals surface area (Å²) in [4.78, 5) is 24.5. The Labute approximate surface area is 96.1 Å². The lowest BCUT2D eigenvalue weighted by Gasteiger charge is -2.43. The SMILES string of the molecule is CCCCOC[C@H]1[C@H](C(=O)NC)C(=O)N1C. The molecule has 1 aliphatic heterocycles. The Morgan fingerprint density at radius 1 is 1.56 bits per heavy atom. The molecule has 0 aromatic rings. The Hall–Kier alpha value is -1.10. The first-order valence-electron chi connectivity index (χ1n) is 5.69. The number of carbonyl (C=O) groups excluding carboxylic acids is 2. The minimum Gasteiger partial charge on any atom is -0.379 e. The second kappa shape index (κ2) is 5.84. The van der Waals surface area contributed by atoms with Crippen molar-refractivity contribution in [2.75, 3.05) is 27.3 Å². The van der Waals surface area contributed by atoms with Crippen LogP contribution in [0.15, 0.2) is 0 Å². The zero-order chi connectivity index (χ0) is 12.1. The van der Waals surface area contributed by atoms with Gasteiger partial charge < -0.3 is 15.0 Å². The highest BCUT2D eigenvalue weighted by atomic mass is 16.5. The highest BCUT2D eigenvalue weighted by molar-refractivity contribution is 6.05. The van der Waals surface area contributed by atoms with Crippen molar-refractivity contribution in [1.82, 2.24) is 10.2 Å². The Morgan fingerprint density at radius 2 is 2.25 bits per heavy atom. The number of β-lactam (4-membered cyclic amide) rings is 1. The van der Waals surface area contributed by atoms with Crippen LogP contribution in [-0.2, 0) is 14.3 Å². The number of nitrogens with one attached hydrogen (secondary N) is 1. The molecule has 16 heavy (non-hydrogen) atoms. The van der Waals surface area contributed by atoms with Gasteiger partial charge in [0.2, 0.25) is 11.8 Å². The predicted octanol–water partition coefficient (Wildman–Crippen LogP) is 0.00590. The van der Waals surface area contributed by atoms with Crippen molar-refractivity contribution in [2.45, 2.75) is 25.8 Å². The van der Waals surface area contributed by atoms with Gasteiger partial charge in [-0.05, 0) is 6.42 Å². The second-order valence-corrected chi connectivity index (χ2v) is 4.04. The molecule has 2 amide bonds. The molecule has 0 aromatic carbocycles. The number of likely N-dealkylation sites (tertiary alicyclic amines) is 1. The van der Waals surface area contributed by atoms with E-state index >= 15 is 0 Å². The van der Waals surface area contributed by atoms with Crippen LogP contribution in [0.2, 0.25) is 0 Å². The summed E-state index contributed by atoms with van der Waals surface area (Å²) in [5.41, 5.74) is 0. The molecule has 5 nitrogen and oxygen atoms in total. The monoisotopic (exact) mass is 228 g/mol. The minimum absolute atomic E-state index is 0.107. The van der Waals surface area contributed by atoms with E-state index in [0.29, 0.717) is 13.2 Å². The Kier molecular flexibility index (Phi) is 4.73. The third-order valence-electron chi connectivity index (χ3n) is 2.96. The second-order valence-electron chi connectivity index (χ2n) is 4.04. The largest absolute Gasteiger partial charge is 0.379 e. The van der Waals surface area contributed by atoms with Crippen LogP contribution in [0.5, 0.6) is 0 Å². The van der Waals surface area contributed by atoms with Crippen LogP contribution in [0.1, 0.15) is 19.8 Å². The molecule has 1 rings (SSSR count). The minimum atomic E-state index is -0.559. The maximum atomic E-state index is 11.5. The van der Waals surface area contributed by atoms with E-state index in [9.17, 15) is 9.59 Å². The molecule has 5 heteroatoms. The third kappa shape index (κ3) is 2.52. The molecule has 0 aliphatic carbocycles. The first kappa shape index (κ1) is 13.0. The number of carbonyl (C=O) groups is 2. The van der Waals surface area contributed by atoms with Crippen molar-refractivity contribution < 1.29 is 14.3 Å². The van der Waals surface area contributed by atoms with Crippen molar-refractivity contribution in [3.05, 3.63) is 0 Å². The summed E-state index contributed by atoms with van der Waals surface area (Å²) in [6, 6.07) is -0.107. The van der Waals surface area contributed by atoms with E-state index in [1.54, 1.807) is 19.0 Å². The smallest absolute Gasteiger partial charge is 0.237 e. The fourth-order valence-corrected chi connectivity index (χ4v) is 1.79. The van der Waals surface area contributed by atoms with Crippen molar-refractivity contribution in [1.29, 1.82) is 0 Å². The van der Waals surface area contributed by atoms with E-state index in [0.717, 1.165) is 12.8 Å². The van der Waals surface area contributed by atoms with Gasteiger partial charge in [-0.15, -0.1) is 0 Å². The molecule has 0 radical (unpaired) electrons. The van der Waals surface area contributed by atoms with E-state index in [4.69, 9.17) is 4.74 Å². The number of hydrogen-bond donors (Lipinski definition) is 1. The summed E-state index contributed by atoms with van der Waals surface area (Å²) in [5, 5.41) is 2.51. The molecular weight excluding hydrogens is 208 g/mol. The van der Waals surface area contributed by atoms with Crippen molar-refractivity contribution in [3.8, 4) is 0 Å². The van der Waals surface area contributed by atoms with Gasteiger partial charge in [0.05, 0.1) is 12.6 Å². The average Bonchev–Trinajstić information content (AvgIpc) is 2.31. The zero-order valence-electron chi connectivity index (χ0n) is 10.2. The van der Waals surface area contributed by atoms with E-state index in [1.807, 2.05) is 0 Å². The molecule has 1 N–H and O–H groups in total. The van der Waals surface area contributed by atoms with Gasteiger partial charge in [-0.3, -0.25) is 9.59 Å². The molecule has 2 atom stereocenters. The lowest BCUT2D eigenvalue weighted by atomic mass is 9.88. The van der Waals surface area contributed by atoms with Gasteiger partial charge in [-0.25, -0.2) is 0 Å². The van der Waals surface area contributed by atoms with Crippen LogP contribution in [0.25, 0.3) is 0 Å². The molecule has 1 heterocycles. The molecule has 92 valence electrons. The quantitative estimate of drug-likeness (QED) is 0.396. The number of rotatable bonds is 6. The molecule has 0 bridgehead atoms. The van der Waals surface area contributed by atoms with Crippen LogP contribution in [0, 0.1) is 5.92 Å². The molecule has 1 saturated heterocycles. The Balaban J connectivity index is 2.39. The zero-order valence-corrected chi connectivity index (χ0v) is 10.2. The number of amides is 2. The molecule has 0 aromatic heterocycles. The van der Waals surface area contributed by atoms with Gasteiger partial charge in [0.15, 0.2) is 0 Å². The summed E-state index contributed by atoms with van der Waals surface area (Å²) in [6.45, 7) is 3.23. The summed E-state index contributed by atoms with van der Waals surface area (Å²) < 4.78 is 5.45. The topological polar surface area (TPSA) is 58.6 Å². The van der Waals surface area contributed by atoms with Gasteiger partial charge in [-0.1, -0.05) is 13.3 Å². The van der Waals surface area contributed by atoms with Crippen LogP contribution < -0.4 is 5.32 Å². The summed E-state index contributed by atoms with van der Waals surface area (Å²) in [7, 11) is 3.25. The molecule has 1 fully saturated rings. The third-order valence-corrected chi connectivity index (χ3v) is 2.96. The first-order valence-corrected chi connectivity index (χ1v) is 5.69. The predicted molar refractivity (Wildman–Crippen MR) is 59.8 cm³/mol. The highest BCUT2D eigenvalue weighted by Crippen LogP contribution is 2.25. The lowest BCUT2D eigenvalue weighted by Crippen LogP contribution is -2.65. The summed E-state index contributed by atoms with van der Waals surface area (Å²) in [5.74, 6) is -0.896. The summed E-state index contributed by atoms with van der Waals surface area (Å²) in [6.07, 6.45) is 2.09. The van der Waals surface area contributed by atoms with Crippen molar-refractivity contribution in [3.63, 3.8) is 0 Å². The van der Waals surface area contributed by atoms with Crippen LogP contribution in [-0.4, -0.2) is 50.1 Å². The first-order chi connectivity index (χ1) is 7.63. The van der Waals surface area contributed by atoms with Gasteiger partial charge in [0, 0.05) is 20.7 Å². The summed E-state index contributed by atoms with van der Waals surface area (Å²) >= 11 is 0. The maximum Gasteiger partial charge on any atom is 0.237 e. The molecule has 0 unspecified atom stereocenters. The Morgan fingerprint density at radius 3 is 2.81 bits per heavy atom. The fourth-order valence-electron chi connectivity index (χ4n) is 1.79. The van der Waals surface area contributed by atoms with Crippen molar-refractivity contribution in [2.24, 2.45) is 5.92 Å². The van der Waals surface area contributed by atoms with E-state index < -0.39 is 5.92 Å². The van der Waals surface area contributed by atoms with Gasteiger partial charge in [0.25, 0.3) is 0 Å². The van der Waals surface area contributed by atoms with Crippen LogP contribution in [0.3, 0.4) is 0 Å².